The van der Waals surface area contributed by atoms with E-state index in [-0.39, 0.29) is 5.54 Å². The first-order chi connectivity index (χ1) is 7.27. The number of hydrogen-bond acceptors (Lipinski definition) is 3. The van der Waals surface area contributed by atoms with E-state index in [2.05, 4.69) is 28.2 Å². The molecular formula is C12H10N2O. The maximum Gasteiger partial charge on any atom is 0.136 e. The molecule has 3 nitrogen and oxygen atoms in total. The summed E-state index contributed by atoms with van der Waals surface area (Å²) in [5.74, 6) is 0.978. The Bertz CT molecular complexity index is 634. The van der Waals surface area contributed by atoms with Crippen molar-refractivity contribution in [3.63, 3.8) is 0 Å². The van der Waals surface area contributed by atoms with Crippen LogP contribution in [0, 0.1) is 0 Å². The topological polar surface area (TPSA) is 33.6 Å². The summed E-state index contributed by atoms with van der Waals surface area (Å²) in [4.78, 5) is 4.68. The summed E-state index contributed by atoms with van der Waals surface area (Å²) in [6.07, 6.45) is 0. The van der Waals surface area contributed by atoms with E-state index in [1.165, 1.54) is 21.7 Å². The molecule has 3 aliphatic rings. The largest absolute Gasteiger partial charge is 0.375 e. The zero-order valence-corrected chi connectivity index (χ0v) is 8.42. The molecule has 0 atom stereocenters. The van der Waals surface area contributed by atoms with Crippen molar-refractivity contribution in [1.82, 2.24) is 0 Å². The van der Waals surface area contributed by atoms with E-state index in [0.717, 1.165) is 5.84 Å². The third kappa shape index (κ3) is 0.870. The fourth-order valence-electron chi connectivity index (χ4n) is 2.39. The first-order valence-electron chi connectivity index (χ1n) is 5.14. The van der Waals surface area contributed by atoms with Gasteiger partial charge in [0.05, 0.1) is 19.0 Å². The number of nitrogens with one attached hydrogen (secondary N) is 1. The van der Waals surface area contributed by atoms with Gasteiger partial charge >= 0.3 is 0 Å². The molecule has 1 aromatic rings. The number of nitrogens with zero attached hydrogens (tertiary/aromatic N) is 1. The molecule has 1 aromatic carbocycles. The lowest BCUT2D eigenvalue weighted by Gasteiger charge is -2.42. The molecule has 0 radical (unpaired) electrons. The fraction of sp³-hybridized carbons (Fsp3) is 0.333. The molecule has 0 bridgehead atoms. The van der Waals surface area contributed by atoms with Crippen molar-refractivity contribution >= 4 is 17.3 Å². The summed E-state index contributed by atoms with van der Waals surface area (Å²) >= 11 is 0. The average molecular weight is 198 g/mol. The van der Waals surface area contributed by atoms with Crippen molar-refractivity contribution in [3.05, 3.63) is 28.1 Å². The monoisotopic (exact) mass is 198 g/mol. The van der Waals surface area contributed by atoms with Crippen LogP contribution in [0.15, 0.2) is 17.1 Å². The van der Waals surface area contributed by atoms with Crippen LogP contribution >= 0.6 is 0 Å². The van der Waals surface area contributed by atoms with E-state index in [9.17, 15) is 0 Å². The Kier molecular flexibility index (Phi) is 1.11. The third-order valence-corrected chi connectivity index (χ3v) is 3.24. The quantitative estimate of drug-likeness (QED) is 0.637. The van der Waals surface area contributed by atoms with Gasteiger partial charge in [-0.2, -0.15) is 0 Å². The zero-order chi connectivity index (χ0) is 10.0. The van der Waals surface area contributed by atoms with Crippen LogP contribution in [0.4, 0.5) is 5.69 Å². The second-order valence-corrected chi connectivity index (χ2v) is 4.41. The predicted octanol–water partition coefficient (Wildman–Crippen LogP) is -0.179. The Hall–Kier alpha value is -1.57. The van der Waals surface area contributed by atoms with Crippen LogP contribution in [0.2, 0.25) is 0 Å². The summed E-state index contributed by atoms with van der Waals surface area (Å²) in [7, 11) is 0. The van der Waals surface area contributed by atoms with Crippen LogP contribution in [0.5, 0.6) is 0 Å². The Morgan fingerprint density at radius 1 is 1.40 bits per heavy atom. The van der Waals surface area contributed by atoms with Crippen LogP contribution in [0.3, 0.4) is 0 Å². The van der Waals surface area contributed by atoms with E-state index in [4.69, 9.17) is 4.74 Å². The number of anilines is 1. The number of benzene rings is 1. The van der Waals surface area contributed by atoms with Crippen molar-refractivity contribution < 1.29 is 4.74 Å². The first-order valence-corrected chi connectivity index (χ1v) is 5.14. The molecule has 3 heteroatoms. The SMILES string of the molecule is CC1=NC2(COC2)c2cc3c(cc2N1)=C=3. The maximum absolute atomic E-state index is 5.32. The molecule has 2 heterocycles. The Balaban J connectivity index is 1.99. The van der Waals surface area contributed by atoms with Gasteiger partial charge in [-0.15, -0.1) is 5.73 Å². The molecule has 1 fully saturated rings. The summed E-state index contributed by atoms with van der Waals surface area (Å²) in [6, 6.07) is 4.35. The van der Waals surface area contributed by atoms with Gasteiger partial charge in [0.2, 0.25) is 0 Å². The normalized spacial score (nSPS) is 22.3. The van der Waals surface area contributed by atoms with Crippen LogP contribution in [-0.4, -0.2) is 19.0 Å². The molecule has 0 unspecified atom stereocenters. The van der Waals surface area contributed by atoms with Crippen LogP contribution in [0.1, 0.15) is 12.5 Å². The van der Waals surface area contributed by atoms with Gasteiger partial charge < -0.3 is 10.1 Å². The lowest BCUT2D eigenvalue weighted by atomic mass is 9.86. The zero-order valence-electron chi connectivity index (χ0n) is 8.42. The minimum absolute atomic E-state index is 0.107. The molecule has 1 spiro atoms. The van der Waals surface area contributed by atoms with Crippen molar-refractivity contribution in [2.24, 2.45) is 4.99 Å². The number of aliphatic imine (C=N–C) groups is 1. The summed E-state index contributed by atoms with van der Waals surface area (Å²) in [5, 5.41) is 5.77. The van der Waals surface area contributed by atoms with Gasteiger partial charge in [-0.05, 0) is 19.1 Å². The van der Waals surface area contributed by atoms with Crippen molar-refractivity contribution in [2.75, 3.05) is 18.5 Å². The van der Waals surface area contributed by atoms with Gasteiger partial charge in [-0.3, -0.25) is 4.99 Å². The summed E-state index contributed by atoms with van der Waals surface area (Å²) in [5.41, 5.74) is 5.57. The number of ether oxygens (including phenoxy) is 1. The molecular weight excluding hydrogens is 188 g/mol. The average Bonchev–Trinajstić information content (AvgIpc) is 2.88. The highest BCUT2D eigenvalue weighted by molar-refractivity contribution is 5.97. The highest BCUT2D eigenvalue weighted by atomic mass is 16.5. The van der Waals surface area contributed by atoms with Crippen molar-refractivity contribution in [3.8, 4) is 0 Å². The van der Waals surface area contributed by atoms with Gasteiger partial charge in [0.1, 0.15) is 5.54 Å². The summed E-state index contributed by atoms with van der Waals surface area (Å²) < 4.78 is 5.32. The standard InChI is InChI=1S/C12H10N2O/c1-7-13-11-4-9-2-8(9)3-10(11)12(14-7)5-15-6-12/h3-4H,5-6H2,1H3,(H,13,14). The molecule has 74 valence electrons. The molecule has 15 heavy (non-hydrogen) atoms. The van der Waals surface area contributed by atoms with Gasteiger partial charge in [-0.1, -0.05) is 0 Å². The van der Waals surface area contributed by atoms with Gasteiger partial charge in [0.25, 0.3) is 0 Å². The Labute approximate surface area is 86.8 Å². The van der Waals surface area contributed by atoms with Gasteiger partial charge in [0.15, 0.2) is 0 Å². The molecule has 4 rings (SSSR count). The van der Waals surface area contributed by atoms with E-state index >= 15 is 0 Å². The highest BCUT2D eigenvalue weighted by Crippen LogP contribution is 2.39. The Morgan fingerprint density at radius 2 is 2.20 bits per heavy atom. The first kappa shape index (κ1) is 7.69. The third-order valence-electron chi connectivity index (χ3n) is 3.24. The lowest BCUT2D eigenvalue weighted by Crippen LogP contribution is -2.49. The molecule has 0 aromatic heterocycles. The van der Waals surface area contributed by atoms with Crippen LogP contribution < -0.4 is 15.8 Å². The smallest absolute Gasteiger partial charge is 0.136 e. The second kappa shape index (κ2) is 2.16. The van der Waals surface area contributed by atoms with Gasteiger partial charge in [-0.25, -0.2) is 0 Å². The van der Waals surface area contributed by atoms with Crippen LogP contribution in [-0.2, 0) is 10.3 Å². The van der Waals surface area contributed by atoms with Gasteiger partial charge in [0, 0.05) is 21.7 Å². The molecule has 1 aliphatic carbocycles. The lowest BCUT2D eigenvalue weighted by molar-refractivity contribution is -0.0555. The molecule has 0 saturated carbocycles. The van der Waals surface area contributed by atoms with Crippen molar-refractivity contribution in [2.45, 2.75) is 12.5 Å². The molecule has 1 saturated heterocycles. The number of rotatable bonds is 0. The predicted molar refractivity (Wildman–Crippen MR) is 57.4 cm³/mol. The van der Waals surface area contributed by atoms with E-state index in [0.29, 0.717) is 13.2 Å². The van der Waals surface area contributed by atoms with Crippen LogP contribution in [0.25, 0.3) is 5.73 Å². The number of fused-ring (bicyclic) bond motifs is 3. The number of amidine groups is 1. The maximum atomic E-state index is 5.32. The molecule has 2 aliphatic heterocycles. The minimum Gasteiger partial charge on any atom is -0.375 e. The fourth-order valence-corrected chi connectivity index (χ4v) is 2.39. The highest BCUT2D eigenvalue weighted by Gasteiger charge is 2.44. The van der Waals surface area contributed by atoms with E-state index < -0.39 is 0 Å². The summed E-state index contributed by atoms with van der Waals surface area (Å²) in [6.45, 7) is 3.41. The Morgan fingerprint density at radius 3 is 2.93 bits per heavy atom. The number of hydrogen-bond donors (Lipinski definition) is 1. The second-order valence-electron chi connectivity index (χ2n) is 4.41. The van der Waals surface area contributed by atoms with E-state index in [1.807, 2.05) is 6.92 Å². The molecule has 0 amide bonds. The van der Waals surface area contributed by atoms with E-state index in [1.54, 1.807) is 0 Å². The molecule has 1 N–H and O–H groups in total. The minimum atomic E-state index is -0.107. The van der Waals surface area contributed by atoms with Crippen molar-refractivity contribution in [1.29, 1.82) is 0 Å².